The van der Waals surface area contributed by atoms with Gasteiger partial charge in [0.1, 0.15) is 23.6 Å². The third-order valence-electron chi connectivity index (χ3n) is 4.75. The predicted octanol–water partition coefficient (Wildman–Crippen LogP) is 3.22. The molecule has 0 aromatic heterocycles. The zero-order valence-corrected chi connectivity index (χ0v) is 16.5. The molecular formula is C21H30O5. The van der Waals surface area contributed by atoms with Crippen LogP contribution in [0.1, 0.15) is 62.3 Å². The second-order valence-electron chi connectivity index (χ2n) is 7.75. The van der Waals surface area contributed by atoms with Crippen molar-refractivity contribution in [1.29, 1.82) is 0 Å². The minimum atomic E-state index is -0.775. The minimum absolute atomic E-state index is 0.0295. The number of carbonyl (C=O) groups is 2. The Bertz CT molecular complexity index is 690. The van der Waals surface area contributed by atoms with Crippen molar-refractivity contribution >= 4 is 11.8 Å². The van der Waals surface area contributed by atoms with Gasteiger partial charge in [-0.25, -0.2) is 0 Å². The van der Waals surface area contributed by atoms with Crippen LogP contribution in [0.4, 0.5) is 0 Å². The van der Waals surface area contributed by atoms with E-state index in [9.17, 15) is 14.7 Å². The van der Waals surface area contributed by atoms with Crippen LogP contribution in [0.2, 0.25) is 0 Å². The molecule has 2 rings (SSSR count). The fourth-order valence-electron chi connectivity index (χ4n) is 3.55. The number of Topliss-reactive ketones (excluding diaryl/α,β-unsaturated/α-hetero) is 1. The summed E-state index contributed by atoms with van der Waals surface area (Å²) in [4.78, 5) is 23.2. The van der Waals surface area contributed by atoms with Crippen LogP contribution < -0.4 is 4.74 Å². The van der Waals surface area contributed by atoms with Gasteiger partial charge in [0.25, 0.3) is 0 Å². The Morgan fingerprint density at radius 1 is 1.31 bits per heavy atom. The third kappa shape index (κ3) is 5.07. The average Bonchev–Trinajstić information content (AvgIpc) is 2.82. The first kappa shape index (κ1) is 20.4. The first-order valence-corrected chi connectivity index (χ1v) is 9.29. The summed E-state index contributed by atoms with van der Waals surface area (Å²) in [6.07, 6.45) is 0.886. The van der Waals surface area contributed by atoms with E-state index in [-0.39, 0.29) is 30.8 Å². The fraction of sp³-hybridized carbons (Fsp3) is 0.619. The number of benzene rings is 1. The number of hydrogen-bond acceptors (Lipinski definition) is 5. The summed E-state index contributed by atoms with van der Waals surface area (Å²) >= 11 is 0. The Morgan fingerprint density at radius 2 is 2.00 bits per heavy atom. The van der Waals surface area contributed by atoms with Crippen molar-refractivity contribution in [3.05, 3.63) is 28.3 Å². The van der Waals surface area contributed by atoms with E-state index < -0.39 is 12.1 Å². The van der Waals surface area contributed by atoms with Gasteiger partial charge >= 0.3 is 5.97 Å². The number of esters is 1. The number of aliphatic hydroxyl groups is 1. The van der Waals surface area contributed by atoms with Crippen molar-refractivity contribution in [2.45, 2.75) is 78.4 Å². The lowest BCUT2D eigenvalue weighted by molar-refractivity contribution is -0.145. The van der Waals surface area contributed by atoms with Crippen LogP contribution in [0.5, 0.6) is 5.75 Å². The Labute approximate surface area is 155 Å². The van der Waals surface area contributed by atoms with Crippen molar-refractivity contribution in [3.8, 4) is 5.75 Å². The molecule has 5 nitrogen and oxygen atoms in total. The highest BCUT2D eigenvalue weighted by molar-refractivity contribution is 5.95. The molecular weight excluding hydrogens is 332 g/mol. The maximum Gasteiger partial charge on any atom is 0.313 e. The first-order valence-electron chi connectivity index (χ1n) is 9.29. The van der Waals surface area contributed by atoms with Crippen molar-refractivity contribution in [1.82, 2.24) is 0 Å². The number of ether oxygens (including phenoxy) is 2. The van der Waals surface area contributed by atoms with Crippen LogP contribution >= 0.6 is 0 Å². The van der Waals surface area contributed by atoms with E-state index in [2.05, 4.69) is 33.8 Å². The van der Waals surface area contributed by atoms with Crippen molar-refractivity contribution in [2.24, 2.45) is 0 Å². The molecule has 1 atom stereocenters. The summed E-state index contributed by atoms with van der Waals surface area (Å²) in [5.74, 6) is 0.115. The molecule has 1 heterocycles. The van der Waals surface area contributed by atoms with Gasteiger partial charge in [0, 0.05) is 18.4 Å². The zero-order chi connectivity index (χ0) is 19.5. The number of fused-ring (bicyclic) bond motifs is 1. The molecule has 1 N–H and O–H groups in total. The highest BCUT2D eigenvalue weighted by Crippen LogP contribution is 2.41. The Balaban J connectivity index is 1.99. The largest absolute Gasteiger partial charge is 0.487 e. The molecule has 0 aliphatic carbocycles. The van der Waals surface area contributed by atoms with Gasteiger partial charge in [-0.15, -0.1) is 0 Å². The molecule has 0 radical (unpaired) electrons. The second-order valence-corrected chi connectivity index (χ2v) is 7.75. The number of hydrogen-bond donors (Lipinski definition) is 1. The van der Waals surface area contributed by atoms with Crippen LogP contribution in [0, 0.1) is 13.8 Å². The van der Waals surface area contributed by atoms with Gasteiger partial charge in [0.15, 0.2) is 0 Å². The van der Waals surface area contributed by atoms with Crippen LogP contribution in [0.3, 0.4) is 0 Å². The van der Waals surface area contributed by atoms with Crippen LogP contribution in [-0.4, -0.2) is 35.2 Å². The van der Waals surface area contributed by atoms with Gasteiger partial charge in [-0.3, -0.25) is 9.59 Å². The van der Waals surface area contributed by atoms with Gasteiger partial charge in [-0.1, -0.05) is 6.07 Å². The molecule has 1 aliphatic rings. The topological polar surface area (TPSA) is 72.8 Å². The van der Waals surface area contributed by atoms with E-state index in [1.165, 1.54) is 11.1 Å². The minimum Gasteiger partial charge on any atom is -0.487 e. The van der Waals surface area contributed by atoms with E-state index in [1.54, 1.807) is 6.92 Å². The van der Waals surface area contributed by atoms with E-state index in [0.29, 0.717) is 12.8 Å². The monoisotopic (exact) mass is 362 g/mol. The van der Waals surface area contributed by atoms with Crippen molar-refractivity contribution in [3.63, 3.8) is 0 Å². The molecule has 26 heavy (non-hydrogen) atoms. The molecule has 1 aromatic rings. The van der Waals surface area contributed by atoms with Gasteiger partial charge in [-0.2, -0.15) is 0 Å². The normalized spacial score (nSPS) is 15.9. The molecule has 1 aromatic carbocycles. The number of aryl methyl sites for hydroxylation is 2. The van der Waals surface area contributed by atoms with Gasteiger partial charge in [-0.05, 0) is 64.2 Å². The van der Waals surface area contributed by atoms with Crippen LogP contribution in [0.25, 0.3) is 0 Å². The highest BCUT2D eigenvalue weighted by atomic mass is 16.5. The Hall–Kier alpha value is -1.88. The SMILES string of the molecule is CCOC(=O)CC(=O)CC(O)CCc1c(C)cc(C)c2c1OC(C)(C)C2. The average molecular weight is 362 g/mol. The molecule has 0 bridgehead atoms. The highest BCUT2D eigenvalue weighted by Gasteiger charge is 2.33. The summed E-state index contributed by atoms with van der Waals surface area (Å²) in [5.41, 5.74) is 4.50. The molecule has 0 fully saturated rings. The Morgan fingerprint density at radius 3 is 2.65 bits per heavy atom. The molecule has 0 saturated carbocycles. The Kier molecular flexibility index (Phi) is 6.45. The molecule has 144 valence electrons. The maximum atomic E-state index is 11.8. The molecule has 1 unspecified atom stereocenters. The van der Waals surface area contributed by atoms with Crippen LogP contribution in [-0.2, 0) is 27.2 Å². The number of rotatable bonds is 8. The second kappa shape index (κ2) is 8.21. The number of aliphatic hydroxyl groups excluding tert-OH is 1. The van der Waals surface area contributed by atoms with Gasteiger partial charge in [0.2, 0.25) is 0 Å². The quantitative estimate of drug-likeness (QED) is 0.568. The maximum absolute atomic E-state index is 11.8. The summed E-state index contributed by atoms with van der Waals surface area (Å²) in [6.45, 7) is 10.3. The fourth-order valence-corrected chi connectivity index (χ4v) is 3.55. The smallest absolute Gasteiger partial charge is 0.313 e. The predicted molar refractivity (Wildman–Crippen MR) is 99.5 cm³/mol. The standard InChI is InChI=1S/C21H30O5/c1-6-25-19(24)11-16(23)10-15(22)7-8-17-13(2)9-14(3)18-12-21(4,5)26-20(17)18/h9,15,22H,6-8,10-12H2,1-5H3. The van der Waals surface area contributed by atoms with E-state index in [4.69, 9.17) is 9.47 Å². The van der Waals surface area contributed by atoms with E-state index in [1.807, 2.05) is 0 Å². The van der Waals surface area contributed by atoms with Gasteiger partial charge in [0.05, 0.1) is 12.7 Å². The summed E-state index contributed by atoms with van der Waals surface area (Å²) < 4.78 is 10.9. The third-order valence-corrected chi connectivity index (χ3v) is 4.75. The van der Waals surface area contributed by atoms with Crippen LogP contribution in [0.15, 0.2) is 6.07 Å². The molecule has 1 aliphatic heterocycles. The van der Waals surface area contributed by atoms with Crippen molar-refractivity contribution < 1.29 is 24.2 Å². The lowest BCUT2D eigenvalue weighted by Gasteiger charge is -2.19. The molecule has 0 saturated heterocycles. The van der Waals surface area contributed by atoms with E-state index in [0.717, 1.165) is 23.3 Å². The summed E-state index contributed by atoms with van der Waals surface area (Å²) in [5, 5.41) is 10.2. The summed E-state index contributed by atoms with van der Waals surface area (Å²) in [6, 6.07) is 2.16. The van der Waals surface area contributed by atoms with Gasteiger partial charge < -0.3 is 14.6 Å². The van der Waals surface area contributed by atoms with E-state index >= 15 is 0 Å². The molecule has 0 amide bonds. The lowest BCUT2D eigenvalue weighted by Crippen LogP contribution is -2.25. The van der Waals surface area contributed by atoms with Crippen molar-refractivity contribution in [2.75, 3.05) is 6.61 Å². The molecule has 5 heteroatoms. The number of carbonyl (C=O) groups excluding carboxylic acids is 2. The number of ketones is 1. The summed E-state index contributed by atoms with van der Waals surface area (Å²) in [7, 11) is 0. The zero-order valence-electron chi connectivity index (χ0n) is 16.5. The lowest BCUT2D eigenvalue weighted by atomic mass is 9.91. The first-order chi connectivity index (χ1) is 12.1. The molecule has 0 spiro atoms.